The van der Waals surface area contributed by atoms with Crippen LogP contribution in [0.15, 0.2) is 48.5 Å². The number of likely N-dealkylation sites (N-methyl/N-ethyl adjacent to an activating group) is 1. The molecule has 2 aromatic carbocycles. The summed E-state index contributed by atoms with van der Waals surface area (Å²) in [6.07, 6.45) is 0. The number of quaternary nitrogens is 1. The molecule has 5 heteroatoms. The fourth-order valence-electron chi connectivity index (χ4n) is 2.06. The van der Waals surface area contributed by atoms with Gasteiger partial charge in [0.2, 0.25) is 0 Å². The van der Waals surface area contributed by atoms with Crippen LogP contribution in [0.5, 0.6) is 0 Å². The Kier molecular flexibility index (Phi) is 6.02. The van der Waals surface area contributed by atoms with E-state index in [9.17, 15) is 4.79 Å². The average molecular weight is 416 g/mol. The molecule has 0 bridgehead atoms. The van der Waals surface area contributed by atoms with E-state index >= 15 is 0 Å². The molecule has 3 nitrogen and oxygen atoms in total. The number of carbonyl (C=O) groups excluding carboxylic acids is 1. The van der Waals surface area contributed by atoms with Gasteiger partial charge in [-0.3, -0.25) is 4.79 Å². The molecule has 0 aromatic heterocycles. The Labute approximate surface area is 143 Å². The zero-order valence-electron chi connectivity index (χ0n) is 11.7. The van der Waals surface area contributed by atoms with Gasteiger partial charge in [-0.25, -0.2) is 0 Å². The lowest BCUT2D eigenvalue weighted by molar-refractivity contribution is -0.885. The summed E-state index contributed by atoms with van der Waals surface area (Å²) in [4.78, 5) is 13.2. The lowest BCUT2D eigenvalue weighted by Crippen LogP contribution is -3.08. The molecule has 2 N–H and O–H groups in total. The van der Waals surface area contributed by atoms with Crippen LogP contribution in [0.2, 0.25) is 5.02 Å². The minimum atomic E-state index is 0.00340. The molecule has 0 fully saturated rings. The molecule has 0 heterocycles. The van der Waals surface area contributed by atoms with Gasteiger partial charge in [0.05, 0.1) is 12.7 Å². The van der Waals surface area contributed by atoms with Crippen LogP contribution >= 0.6 is 34.2 Å². The maximum atomic E-state index is 12.1. The van der Waals surface area contributed by atoms with Crippen LogP contribution in [-0.4, -0.2) is 19.5 Å². The second-order valence-corrected chi connectivity index (χ2v) is 6.50. The number of halogens is 2. The van der Waals surface area contributed by atoms with E-state index in [2.05, 4.69) is 27.9 Å². The van der Waals surface area contributed by atoms with Crippen molar-refractivity contribution in [3.05, 3.63) is 62.7 Å². The van der Waals surface area contributed by atoms with Crippen LogP contribution in [0.4, 0.5) is 5.69 Å². The number of hydrogen-bond acceptors (Lipinski definition) is 1. The highest BCUT2D eigenvalue weighted by molar-refractivity contribution is 14.1. The van der Waals surface area contributed by atoms with Gasteiger partial charge < -0.3 is 10.2 Å². The van der Waals surface area contributed by atoms with E-state index in [1.807, 2.05) is 55.6 Å². The van der Waals surface area contributed by atoms with Gasteiger partial charge in [0.15, 0.2) is 6.54 Å². The fraction of sp³-hybridized carbons (Fsp3) is 0.188. The summed E-state index contributed by atoms with van der Waals surface area (Å²) in [5.74, 6) is 0.00340. The monoisotopic (exact) mass is 415 g/mol. The maximum Gasteiger partial charge on any atom is 0.279 e. The maximum absolute atomic E-state index is 12.1. The lowest BCUT2D eigenvalue weighted by Gasteiger charge is -2.15. The van der Waals surface area contributed by atoms with E-state index < -0.39 is 0 Å². The van der Waals surface area contributed by atoms with E-state index in [-0.39, 0.29) is 5.91 Å². The number of anilines is 1. The summed E-state index contributed by atoms with van der Waals surface area (Å²) in [5.41, 5.74) is 1.91. The van der Waals surface area contributed by atoms with Gasteiger partial charge in [0.25, 0.3) is 5.91 Å². The van der Waals surface area contributed by atoms with Gasteiger partial charge in [0.1, 0.15) is 6.54 Å². The van der Waals surface area contributed by atoms with Gasteiger partial charge in [0, 0.05) is 14.2 Å². The highest BCUT2D eigenvalue weighted by Gasteiger charge is 2.13. The molecule has 1 atom stereocenters. The fourth-order valence-corrected chi connectivity index (χ4v) is 2.79. The first-order valence-electron chi connectivity index (χ1n) is 6.65. The third-order valence-electron chi connectivity index (χ3n) is 3.06. The van der Waals surface area contributed by atoms with Crippen molar-refractivity contribution in [1.82, 2.24) is 0 Å². The topological polar surface area (TPSA) is 33.5 Å². The van der Waals surface area contributed by atoms with Crippen molar-refractivity contribution in [1.29, 1.82) is 0 Å². The van der Waals surface area contributed by atoms with Crippen LogP contribution in [0.25, 0.3) is 0 Å². The summed E-state index contributed by atoms with van der Waals surface area (Å²) in [6, 6.07) is 15.5. The normalized spacial score (nSPS) is 12.0. The first-order valence-corrected chi connectivity index (χ1v) is 8.11. The van der Waals surface area contributed by atoms with Gasteiger partial charge in [-0.05, 0) is 40.8 Å². The summed E-state index contributed by atoms with van der Waals surface area (Å²) in [5, 5.41) is 3.69. The van der Waals surface area contributed by atoms with Gasteiger partial charge in [-0.15, -0.1) is 0 Å². The standard InChI is InChI=1S/C16H16ClIN2O/c1-20(10-12-6-2-3-7-13(12)17)11-16(21)19-15-9-5-4-8-14(15)18/h2-9H,10-11H2,1H3,(H,19,21)/p+1. The lowest BCUT2D eigenvalue weighted by atomic mass is 10.2. The van der Waals surface area contributed by atoms with E-state index in [1.54, 1.807) is 0 Å². The van der Waals surface area contributed by atoms with Crippen molar-refractivity contribution in [2.24, 2.45) is 0 Å². The number of para-hydroxylation sites is 1. The summed E-state index contributed by atoms with van der Waals surface area (Å²) >= 11 is 8.35. The molecule has 0 aliphatic heterocycles. The first kappa shape index (κ1) is 16.3. The van der Waals surface area contributed by atoms with Crippen molar-refractivity contribution in [2.75, 3.05) is 18.9 Å². The Morgan fingerprint density at radius 1 is 1.19 bits per heavy atom. The van der Waals surface area contributed by atoms with Crippen molar-refractivity contribution in [2.45, 2.75) is 6.54 Å². The summed E-state index contributed by atoms with van der Waals surface area (Å²) in [6.45, 7) is 1.12. The predicted molar refractivity (Wildman–Crippen MR) is 94.7 cm³/mol. The molecule has 2 rings (SSSR count). The molecule has 0 aliphatic rings. The number of nitrogens with one attached hydrogen (secondary N) is 2. The molecule has 21 heavy (non-hydrogen) atoms. The van der Waals surface area contributed by atoms with Crippen LogP contribution in [0.1, 0.15) is 5.56 Å². The third-order valence-corrected chi connectivity index (χ3v) is 4.37. The van der Waals surface area contributed by atoms with Crippen molar-refractivity contribution < 1.29 is 9.69 Å². The number of rotatable bonds is 5. The van der Waals surface area contributed by atoms with Gasteiger partial charge >= 0.3 is 0 Å². The SMILES string of the molecule is C[NH+](CC(=O)Nc1ccccc1I)Cc1ccccc1Cl. The summed E-state index contributed by atoms with van der Waals surface area (Å²) in [7, 11) is 1.98. The Balaban J connectivity index is 1.91. The number of amides is 1. The molecule has 1 amide bonds. The van der Waals surface area contributed by atoms with E-state index in [1.165, 1.54) is 0 Å². The Morgan fingerprint density at radius 3 is 2.57 bits per heavy atom. The Morgan fingerprint density at radius 2 is 1.86 bits per heavy atom. The average Bonchev–Trinajstić information content (AvgIpc) is 2.44. The third kappa shape index (κ3) is 4.98. The van der Waals surface area contributed by atoms with E-state index in [4.69, 9.17) is 11.6 Å². The molecule has 0 radical (unpaired) electrons. The van der Waals surface area contributed by atoms with Gasteiger partial charge in [-0.2, -0.15) is 0 Å². The summed E-state index contributed by atoms with van der Waals surface area (Å²) < 4.78 is 1.03. The molecule has 0 aliphatic carbocycles. The van der Waals surface area contributed by atoms with Crippen molar-refractivity contribution in [3.8, 4) is 0 Å². The number of hydrogen-bond donors (Lipinski definition) is 2. The van der Waals surface area contributed by atoms with Crippen LogP contribution in [0, 0.1) is 3.57 Å². The molecular weight excluding hydrogens is 399 g/mol. The molecule has 1 unspecified atom stereocenters. The zero-order chi connectivity index (χ0) is 15.2. The number of benzene rings is 2. The van der Waals surface area contributed by atoms with Gasteiger partial charge in [-0.1, -0.05) is 41.9 Å². The molecule has 0 spiro atoms. The zero-order valence-corrected chi connectivity index (χ0v) is 14.6. The van der Waals surface area contributed by atoms with Crippen LogP contribution < -0.4 is 10.2 Å². The predicted octanol–water partition coefficient (Wildman–Crippen LogP) is 2.60. The minimum Gasteiger partial charge on any atom is -0.326 e. The molecule has 0 saturated heterocycles. The largest absolute Gasteiger partial charge is 0.326 e. The van der Waals surface area contributed by atoms with Crippen molar-refractivity contribution in [3.63, 3.8) is 0 Å². The van der Waals surface area contributed by atoms with Crippen LogP contribution in [-0.2, 0) is 11.3 Å². The molecule has 0 saturated carbocycles. The Bertz CT molecular complexity index is 633. The second kappa shape index (κ2) is 7.77. The Hall–Kier alpha value is -1.11. The molecule has 2 aromatic rings. The highest BCUT2D eigenvalue weighted by Crippen LogP contribution is 2.16. The van der Waals surface area contributed by atoms with E-state index in [0.717, 1.165) is 31.3 Å². The minimum absolute atomic E-state index is 0.00340. The first-order chi connectivity index (χ1) is 10.1. The van der Waals surface area contributed by atoms with E-state index in [0.29, 0.717) is 6.54 Å². The molecule has 110 valence electrons. The smallest absolute Gasteiger partial charge is 0.279 e. The quantitative estimate of drug-likeness (QED) is 0.723. The second-order valence-electron chi connectivity index (χ2n) is 4.93. The number of carbonyl (C=O) groups is 1. The van der Waals surface area contributed by atoms with Crippen LogP contribution in [0.3, 0.4) is 0 Å². The highest BCUT2D eigenvalue weighted by atomic mass is 127. The molecular formula is C16H17ClIN2O+. The van der Waals surface area contributed by atoms with Crippen molar-refractivity contribution >= 4 is 45.8 Å².